The molecule has 1 aliphatic heterocycles. The Hall–Kier alpha value is -0.990. The van der Waals surface area contributed by atoms with Gasteiger partial charge in [0, 0.05) is 19.6 Å². The summed E-state index contributed by atoms with van der Waals surface area (Å²) in [7, 11) is 0. The van der Waals surface area contributed by atoms with E-state index in [1.165, 1.54) is 11.3 Å². The van der Waals surface area contributed by atoms with Gasteiger partial charge in [-0.3, -0.25) is 4.79 Å². The summed E-state index contributed by atoms with van der Waals surface area (Å²) in [6, 6.07) is 0. The topological polar surface area (TPSA) is 80.5 Å². The van der Waals surface area contributed by atoms with Crippen molar-refractivity contribution < 1.29 is 9.53 Å². The van der Waals surface area contributed by atoms with Crippen molar-refractivity contribution in [2.45, 2.75) is 12.8 Å². The van der Waals surface area contributed by atoms with E-state index in [-0.39, 0.29) is 5.91 Å². The van der Waals surface area contributed by atoms with Gasteiger partial charge in [-0.1, -0.05) is 11.3 Å². The van der Waals surface area contributed by atoms with Crippen LogP contribution in [0.5, 0.6) is 0 Å². The Balaban J connectivity index is 1.87. The Morgan fingerprint density at radius 2 is 2.24 bits per heavy atom. The van der Waals surface area contributed by atoms with Crippen LogP contribution in [-0.2, 0) is 4.74 Å². The summed E-state index contributed by atoms with van der Waals surface area (Å²) < 4.78 is 5.31. The van der Waals surface area contributed by atoms with Crippen molar-refractivity contribution in [3.05, 3.63) is 4.88 Å². The molecule has 8 heteroatoms. The predicted molar refractivity (Wildman–Crippen MR) is 89.5 cm³/mol. The minimum atomic E-state index is -0.117. The van der Waals surface area contributed by atoms with Gasteiger partial charge in [0.1, 0.15) is 10.7 Å². The molecule has 0 aromatic carbocycles. The number of ether oxygens (including phenoxy) is 1. The molecule has 0 radical (unpaired) electrons. The Morgan fingerprint density at radius 3 is 2.95 bits per heavy atom. The fourth-order valence-corrected chi connectivity index (χ4v) is 3.47. The number of hydrogen-bond acceptors (Lipinski definition) is 7. The zero-order chi connectivity index (χ0) is 15.1. The van der Waals surface area contributed by atoms with Gasteiger partial charge in [0.25, 0.3) is 5.91 Å². The maximum Gasteiger partial charge on any atom is 0.265 e. The number of hydrogen-bond donors (Lipinski definition) is 2. The quantitative estimate of drug-likeness (QED) is 0.736. The number of nitrogens with zero attached hydrogens (tertiary/aromatic N) is 2. The van der Waals surface area contributed by atoms with Gasteiger partial charge in [-0.2, -0.15) is 11.8 Å². The lowest BCUT2D eigenvalue weighted by Gasteiger charge is -2.25. The van der Waals surface area contributed by atoms with Crippen molar-refractivity contribution in [1.29, 1.82) is 0 Å². The van der Waals surface area contributed by atoms with E-state index in [1.807, 2.05) is 11.8 Å². The largest absolute Gasteiger partial charge is 0.382 e. The first-order valence-electron chi connectivity index (χ1n) is 7.08. The van der Waals surface area contributed by atoms with Gasteiger partial charge in [-0.25, -0.2) is 4.98 Å². The molecule has 0 atom stereocenters. The van der Waals surface area contributed by atoms with Crippen molar-refractivity contribution in [2.24, 2.45) is 0 Å². The summed E-state index contributed by atoms with van der Waals surface area (Å²) in [4.78, 5) is 19.1. The summed E-state index contributed by atoms with van der Waals surface area (Å²) >= 11 is 3.18. The fraction of sp³-hybridized carbons (Fsp3) is 0.692. The molecule has 0 bridgehead atoms. The average molecular weight is 330 g/mol. The second kappa shape index (κ2) is 8.45. The van der Waals surface area contributed by atoms with Crippen LogP contribution < -0.4 is 16.0 Å². The van der Waals surface area contributed by atoms with E-state index in [4.69, 9.17) is 10.5 Å². The first-order valence-corrected chi connectivity index (χ1v) is 9.29. The molecule has 1 aromatic rings. The second-order valence-corrected chi connectivity index (χ2v) is 6.73. The highest BCUT2D eigenvalue weighted by molar-refractivity contribution is 7.98. The molecule has 2 heterocycles. The number of rotatable bonds is 7. The summed E-state index contributed by atoms with van der Waals surface area (Å²) in [6.45, 7) is 3.65. The van der Waals surface area contributed by atoms with Crippen molar-refractivity contribution >= 4 is 40.0 Å². The third-order valence-electron chi connectivity index (χ3n) is 3.19. The van der Waals surface area contributed by atoms with Crippen LogP contribution in [0.2, 0.25) is 0 Å². The average Bonchev–Trinajstić information content (AvgIpc) is 2.90. The molecule has 1 amide bonds. The van der Waals surface area contributed by atoms with Crippen LogP contribution in [0, 0.1) is 0 Å². The van der Waals surface area contributed by atoms with E-state index >= 15 is 0 Å². The number of carbonyl (C=O) groups is 1. The van der Waals surface area contributed by atoms with E-state index in [2.05, 4.69) is 21.5 Å². The molecule has 1 aliphatic rings. The Labute approximate surface area is 133 Å². The number of carbonyl (C=O) groups excluding carboxylic acids is 1. The van der Waals surface area contributed by atoms with Gasteiger partial charge in [0.05, 0.1) is 13.2 Å². The van der Waals surface area contributed by atoms with Crippen LogP contribution in [0.15, 0.2) is 0 Å². The Kier molecular flexibility index (Phi) is 6.59. The van der Waals surface area contributed by atoms with Crippen LogP contribution in [0.4, 0.5) is 10.9 Å². The van der Waals surface area contributed by atoms with Crippen LogP contribution >= 0.6 is 23.1 Å². The normalized spacial score (nSPS) is 15.2. The monoisotopic (exact) mass is 330 g/mol. The Morgan fingerprint density at radius 1 is 1.48 bits per heavy atom. The number of unbranched alkanes of at least 4 members (excludes halogenated alkanes) is 1. The molecule has 3 N–H and O–H groups in total. The van der Waals surface area contributed by atoms with Gasteiger partial charge in [0.2, 0.25) is 0 Å². The third-order valence-corrected chi connectivity index (χ3v) is 5.02. The van der Waals surface area contributed by atoms with Crippen LogP contribution in [0.3, 0.4) is 0 Å². The Bertz CT molecular complexity index is 461. The lowest BCUT2D eigenvalue weighted by Crippen LogP contribution is -2.36. The highest BCUT2D eigenvalue weighted by Gasteiger charge is 2.20. The number of aromatic nitrogens is 1. The maximum absolute atomic E-state index is 12.1. The summed E-state index contributed by atoms with van der Waals surface area (Å²) in [5.41, 5.74) is 5.88. The van der Waals surface area contributed by atoms with Crippen LogP contribution in [0.25, 0.3) is 0 Å². The SMILES string of the molecule is CSCCCCNC(=O)c1sc(N2CCOCC2)nc1N. The molecule has 1 fully saturated rings. The number of thioether (sulfide) groups is 1. The van der Waals surface area contributed by atoms with Gasteiger partial charge in [-0.05, 0) is 24.9 Å². The van der Waals surface area contributed by atoms with E-state index in [9.17, 15) is 4.79 Å². The first-order chi connectivity index (χ1) is 10.2. The van der Waals surface area contributed by atoms with E-state index in [1.54, 1.807) is 0 Å². The number of nitrogens with one attached hydrogen (secondary N) is 1. The number of morpholine rings is 1. The third kappa shape index (κ3) is 4.76. The minimum absolute atomic E-state index is 0.117. The predicted octanol–water partition coefficient (Wildman–Crippen LogP) is 1.43. The summed E-state index contributed by atoms with van der Waals surface area (Å²) in [5.74, 6) is 1.33. The summed E-state index contributed by atoms with van der Waals surface area (Å²) in [5, 5.41) is 3.72. The molecule has 2 rings (SSSR count). The smallest absolute Gasteiger partial charge is 0.265 e. The van der Waals surface area contributed by atoms with E-state index in [0.29, 0.717) is 30.5 Å². The molecule has 0 spiro atoms. The highest BCUT2D eigenvalue weighted by atomic mass is 32.2. The van der Waals surface area contributed by atoms with Gasteiger partial charge < -0.3 is 20.7 Å². The van der Waals surface area contributed by atoms with Crippen molar-refractivity contribution in [1.82, 2.24) is 10.3 Å². The molecule has 118 valence electrons. The van der Waals surface area contributed by atoms with E-state index < -0.39 is 0 Å². The molecule has 0 saturated carbocycles. The number of nitrogens with two attached hydrogens (primary N) is 1. The molecule has 0 aliphatic carbocycles. The minimum Gasteiger partial charge on any atom is -0.382 e. The van der Waals surface area contributed by atoms with Crippen LogP contribution in [-0.4, -0.2) is 55.7 Å². The van der Waals surface area contributed by atoms with Crippen molar-refractivity contribution in [3.63, 3.8) is 0 Å². The zero-order valence-corrected chi connectivity index (χ0v) is 13.9. The first kappa shape index (κ1) is 16.4. The van der Waals surface area contributed by atoms with E-state index in [0.717, 1.165) is 36.8 Å². The molecule has 1 aromatic heterocycles. The van der Waals surface area contributed by atoms with Gasteiger partial charge >= 0.3 is 0 Å². The van der Waals surface area contributed by atoms with Gasteiger partial charge in [-0.15, -0.1) is 0 Å². The molecule has 1 saturated heterocycles. The molecule has 21 heavy (non-hydrogen) atoms. The lowest BCUT2D eigenvalue weighted by molar-refractivity contribution is 0.0958. The van der Waals surface area contributed by atoms with Crippen LogP contribution in [0.1, 0.15) is 22.5 Å². The number of thiazole rings is 1. The highest BCUT2D eigenvalue weighted by Crippen LogP contribution is 2.28. The number of anilines is 2. The molecule has 0 unspecified atom stereocenters. The van der Waals surface area contributed by atoms with Crippen molar-refractivity contribution in [2.75, 3.05) is 55.5 Å². The summed E-state index contributed by atoms with van der Waals surface area (Å²) in [6.07, 6.45) is 4.18. The fourth-order valence-electron chi connectivity index (χ4n) is 2.03. The molecular formula is C13H22N4O2S2. The number of nitrogen functional groups attached to an aromatic ring is 1. The maximum atomic E-state index is 12.1. The van der Waals surface area contributed by atoms with Crippen molar-refractivity contribution in [3.8, 4) is 0 Å². The molecular weight excluding hydrogens is 308 g/mol. The second-order valence-electron chi connectivity index (χ2n) is 4.77. The molecule has 6 nitrogen and oxygen atoms in total. The van der Waals surface area contributed by atoms with Gasteiger partial charge in [0.15, 0.2) is 5.13 Å². The lowest BCUT2D eigenvalue weighted by atomic mass is 10.3. The zero-order valence-electron chi connectivity index (χ0n) is 12.3. The number of amides is 1. The standard InChI is InChI=1S/C13H22N4O2S2/c1-20-9-3-2-4-15-12(18)10-11(14)16-13(21-10)17-5-7-19-8-6-17/h2-9,14H2,1H3,(H,15,18).